The molecule has 1 aliphatic rings. The zero-order valence-corrected chi connectivity index (χ0v) is 12.7. The van der Waals surface area contributed by atoms with Gasteiger partial charge in [0, 0.05) is 27.6 Å². The minimum atomic E-state index is -0.287. The number of rotatable bonds is 2. The summed E-state index contributed by atoms with van der Waals surface area (Å²) in [4.78, 5) is 0. The predicted molar refractivity (Wildman–Crippen MR) is 80.7 cm³/mol. The second kappa shape index (κ2) is 5.14. The lowest BCUT2D eigenvalue weighted by molar-refractivity contribution is 0.156. The van der Waals surface area contributed by atoms with Crippen LogP contribution in [0.5, 0.6) is 0 Å². The van der Waals surface area contributed by atoms with Crippen molar-refractivity contribution in [1.29, 1.82) is 0 Å². The summed E-state index contributed by atoms with van der Waals surface area (Å²) in [5.41, 5.74) is 4.95. The van der Waals surface area contributed by atoms with Gasteiger partial charge in [0.05, 0.1) is 6.10 Å². The van der Waals surface area contributed by atoms with Crippen molar-refractivity contribution < 1.29 is 5.11 Å². The highest BCUT2D eigenvalue weighted by Crippen LogP contribution is 2.33. The lowest BCUT2D eigenvalue weighted by atomic mass is 9.95. The first-order chi connectivity index (χ1) is 9.20. The van der Waals surface area contributed by atoms with E-state index in [4.69, 9.17) is 0 Å². The largest absolute Gasteiger partial charge is 0.388 e. The van der Waals surface area contributed by atoms with Crippen molar-refractivity contribution >= 4 is 15.9 Å². The molecule has 0 fully saturated rings. The molecule has 3 rings (SSSR count). The van der Waals surface area contributed by atoms with Crippen LogP contribution in [0.1, 0.15) is 42.7 Å². The number of nitrogens with zero attached hydrogens (tertiary/aromatic N) is 1. The fraction of sp³-hybridized carbons (Fsp3) is 0.375. The second-order valence-electron chi connectivity index (χ2n) is 5.12. The number of benzene rings is 1. The van der Waals surface area contributed by atoms with E-state index in [1.54, 1.807) is 0 Å². The van der Waals surface area contributed by atoms with Crippen molar-refractivity contribution in [2.24, 2.45) is 0 Å². The van der Waals surface area contributed by atoms with Crippen LogP contribution in [-0.2, 0) is 12.8 Å². The van der Waals surface area contributed by atoms with Gasteiger partial charge in [-0.1, -0.05) is 22.9 Å². The van der Waals surface area contributed by atoms with E-state index >= 15 is 0 Å². The molecule has 0 bridgehead atoms. The number of hydrogen-bond acceptors (Lipinski definition) is 1. The maximum atomic E-state index is 10.1. The van der Waals surface area contributed by atoms with Gasteiger partial charge in [0.15, 0.2) is 0 Å². The van der Waals surface area contributed by atoms with Crippen LogP contribution in [0.3, 0.4) is 0 Å². The first-order valence-electron chi connectivity index (χ1n) is 6.87. The van der Waals surface area contributed by atoms with Crippen molar-refractivity contribution in [3.63, 3.8) is 0 Å². The SMILES string of the molecule is CCc1cc(Br)ccc1-n1ccc2c1CCCC2O. The Morgan fingerprint density at radius 2 is 2.21 bits per heavy atom. The second-order valence-corrected chi connectivity index (χ2v) is 6.04. The van der Waals surface area contributed by atoms with Gasteiger partial charge in [0.1, 0.15) is 0 Å². The molecular weight excluding hydrogens is 302 g/mol. The Kier molecular flexibility index (Phi) is 3.50. The third kappa shape index (κ3) is 2.26. The summed E-state index contributed by atoms with van der Waals surface area (Å²) in [7, 11) is 0. The molecular formula is C16H18BrNO. The highest BCUT2D eigenvalue weighted by atomic mass is 79.9. The van der Waals surface area contributed by atoms with Crippen molar-refractivity contribution in [3.8, 4) is 5.69 Å². The van der Waals surface area contributed by atoms with Gasteiger partial charge in [-0.15, -0.1) is 0 Å². The maximum Gasteiger partial charge on any atom is 0.0807 e. The molecule has 1 aromatic heterocycles. The Balaban J connectivity index is 2.13. The molecule has 1 aliphatic carbocycles. The van der Waals surface area contributed by atoms with Crippen LogP contribution in [0, 0.1) is 0 Å². The molecule has 1 unspecified atom stereocenters. The van der Waals surface area contributed by atoms with E-state index in [0.29, 0.717) is 0 Å². The highest BCUT2D eigenvalue weighted by Gasteiger charge is 2.22. The minimum Gasteiger partial charge on any atom is -0.388 e. The normalized spacial score (nSPS) is 18.4. The standard InChI is InChI=1S/C16H18BrNO/c1-2-11-10-12(17)6-7-14(11)18-9-8-13-15(18)4-3-5-16(13)19/h6-10,16,19H,2-5H2,1H3. The first-order valence-corrected chi connectivity index (χ1v) is 7.67. The number of hydrogen-bond donors (Lipinski definition) is 1. The van der Waals surface area contributed by atoms with Crippen molar-refractivity contribution in [2.75, 3.05) is 0 Å². The zero-order chi connectivity index (χ0) is 13.4. The Labute approximate surface area is 122 Å². The molecule has 2 aromatic rings. The maximum absolute atomic E-state index is 10.1. The highest BCUT2D eigenvalue weighted by molar-refractivity contribution is 9.10. The van der Waals surface area contributed by atoms with Crippen LogP contribution in [0.25, 0.3) is 5.69 Å². The van der Waals surface area contributed by atoms with Crippen molar-refractivity contribution in [2.45, 2.75) is 38.7 Å². The lowest BCUT2D eigenvalue weighted by Crippen LogP contribution is -2.11. The number of aliphatic hydroxyl groups is 1. The molecule has 0 saturated heterocycles. The van der Waals surface area contributed by atoms with Gasteiger partial charge in [-0.05, 0) is 55.5 Å². The summed E-state index contributed by atoms with van der Waals surface area (Å²) in [6, 6.07) is 8.49. The van der Waals surface area contributed by atoms with Gasteiger partial charge >= 0.3 is 0 Å². The summed E-state index contributed by atoms with van der Waals surface area (Å²) in [6.07, 6.45) is 5.82. The molecule has 0 spiro atoms. The average molecular weight is 320 g/mol. The molecule has 1 atom stereocenters. The Morgan fingerprint density at radius 1 is 1.37 bits per heavy atom. The van der Waals surface area contributed by atoms with Crippen LogP contribution in [0.4, 0.5) is 0 Å². The van der Waals surface area contributed by atoms with E-state index in [2.05, 4.69) is 57.9 Å². The van der Waals surface area contributed by atoms with Gasteiger partial charge in [-0.2, -0.15) is 0 Å². The quantitative estimate of drug-likeness (QED) is 0.882. The molecule has 3 heteroatoms. The Bertz CT molecular complexity index is 603. The Hall–Kier alpha value is -1.06. The summed E-state index contributed by atoms with van der Waals surface area (Å²) < 4.78 is 3.37. The molecule has 1 heterocycles. The van der Waals surface area contributed by atoms with Crippen molar-refractivity contribution in [3.05, 3.63) is 51.8 Å². The third-order valence-electron chi connectivity index (χ3n) is 3.96. The number of aryl methyl sites for hydroxylation is 1. The van der Waals surface area contributed by atoms with Gasteiger partial charge in [-0.3, -0.25) is 0 Å². The molecule has 2 nitrogen and oxygen atoms in total. The third-order valence-corrected chi connectivity index (χ3v) is 4.45. The van der Waals surface area contributed by atoms with Gasteiger partial charge in [-0.25, -0.2) is 0 Å². The monoisotopic (exact) mass is 319 g/mol. The molecule has 0 aliphatic heterocycles. The van der Waals surface area contributed by atoms with Gasteiger partial charge in [0.25, 0.3) is 0 Å². The van der Waals surface area contributed by atoms with E-state index in [1.807, 2.05) is 0 Å². The Morgan fingerprint density at radius 3 is 3.00 bits per heavy atom. The zero-order valence-electron chi connectivity index (χ0n) is 11.1. The summed E-state index contributed by atoms with van der Waals surface area (Å²) in [6.45, 7) is 2.18. The minimum absolute atomic E-state index is 0.287. The van der Waals surface area contributed by atoms with Crippen LogP contribution in [0.15, 0.2) is 34.9 Å². The lowest BCUT2D eigenvalue weighted by Gasteiger charge is -2.21. The smallest absolute Gasteiger partial charge is 0.0807 e. The molecule has 0 radical (unpaired) electrons. The average Bonchev–Trinajstić information content (AvgIpc) is 2.84. The summed E-state index contributed by atoms with van der Waals surface area (Å²) in [5, 5.41) is 10.1. The summed E-state index contributed by atoms with van der Waals surface area (Å²) >= 11 is 3.54. The topological polar surface area (TPSA) is 25.2 Å². The van der Waals surface area contributed by atoms with Gasteiger partial charge < -0.3 is 9.67 Å². The van der Waals surface area contributed by atoms with Crippen LogP contribution >= 0.6 is 15.9 Å². The van der Waals surface area contributed by atoms with E-state index in [9.17, 15) is 5.11 Å². The number of halogens is 1. The van der Waals surface area contributed by atoms with Crippen LogP contribution in [-0.4, -0.2) is 9.67 Å². The van der Waals surface area contributed by atoms with Crippen LogP contribution in [0.2, 0.25) is 0 Å². The van der Waals surface area contributed by atoms with E-state index in [1.165, 1.54) is 16.9 Å². The molecule has 100 valence electrons. The van der Waals surface area contributed by atoms with E-state index in [-0.39, 0.29) is 6.10 Å². The first kappa shape index (κ1) is 12.9. The fourth-order valence-electron chi connectivity index (χ4n) is 2.96. The molecule has 1 aromatic carbocycles. The summed E-state index contributed by atoms with van der Waals surface area (Å²) in [5.74, 6) is 0. The predicted octanol–water partition coefficient (Wildman–Crippen LogP) is 4.17. The number of aliphatic hydroxyl groups excluding tert-OH is 1. The number of aromatic nitrogens is 1. The molecule has 0 amide bonds. The van der Waals surface area contributed by atoms with E-state index in [0.717, 1.165) is 35.7 Å². The van der Waals surface area contributed by atoms with Crippen LogP contribution < -0.4 is 0 Å². The van der Waals surface area contributed by atoms with Gasteiger partial charge in [0.2, 0.25) is 0 Å². The molecule has 1 N–H and O–H groups in total. The molecule has 0 saturated carbocycles. The number of fused-ring (bicyclic) bond motifs is 1. The van der Waals surface area contributed by atoms with Crippen molar-refractivity contribution in [1.82, 2.24) is 4.57 Å². The van der Waals surface area contributed by atoms with E-state index < -0.39 is 0 Å². The fourth-order valence-corrected chi connectivity index (χ4v) is 3.37. The molecule has 19 heavy (non-hydrogen) atoms.